The molecule has 3 heteroatoms. The number of carbonyl (C=O) groups is 1. The highest BCUT2D eigenvalue weighted by Gasteiger charge is 2.32. The van der Waals surface area contributed by atoms with Gasteiger partial charge in [0.2, 0.25) is 0 Å². The molecular formula is C17H25NO2. The molecule has 1 saturated carbocycles. The van der Waals surface area contributed by atoms with E-state index in [0.717, 1.165) is 24.0 Å². The van der Waals surface area contributed by atoms with Gasteiger partial charge >= 0.3 is 5.97 Å². The zero-order valence-corrected chi connectivity index (χ0v) is 12.5. The number of carbonyl (C=O) groups excluding carboxylic acids is 1. The second-order valence-corrected chi connectivity index (χ2v) is 5.88. The van der Waals surface area contributed by atoms with Crippen LogP contribution in [0.3, 0.4) is 0 Å². The lowest BCUT2D eigenvalue weighted by Gasteiger charge is -2.25. The number of aryl methyl sites for hydroxylation is 1. The number of nitrogen functional groups attached to an aromatic ring is 1. The quantitative estimate of drug-likeness (QED) is 0.518. The summed E-state index contributed by atoms with van der Waals surface area (Å²) >= 11 is 0. The molecule has 0 aliphatic heterocycles. The number of benzene rings is 1. The number of hydrogen-bond acceptors (Lipinski definition) is 3. The first-order valence-corrected chi connectivity index (χ1v) is 7.57. The predicted octanol–water partition coefficient (Wildman–Crippen LogP) is 3.80. The van der Waals surface area contributed by atoms with E-state index in [1.807, 2.05) is 25.1 Å². The van der Waals surface area contributed by atoms with Crippen molar-refractivity contribution in [3.8, 4) is 0 Å². The monoisotopic (exact) mass is 275 g/mol. The van der Waals surface area contributed by atoms with Crippen LogP contribution in [-0.2, 0) is 9.53 Å². The number of hydrogen-bond donors (Lipinski definition) is 1. The van der Waals surface area contributed by atoms with Crippen molar-refractivity contribution in [2.45, 2.75) is 51.4 Å². The van der Waals surface area contributed by atoms with E-state index in [2.05, 4.69) is 0 Å². The van der Waals surface area contributed by atoms with Crippen molar-refractivity contribution in [1.29, 1.82) is 0 Å². The van der Waals surface area contributed by atoms with E-state index in [1.54, 1.807) is 0 Å². The van der Waals surface area contributed by atoms with Gasteiger partial charge in [0.1, 0.15) is 0 Å². The van der Waals surface area contributed by atoms with Gasteiger partial charge in [-0.3, -0.25) is 4.79 Å². The van der Waals surface area contributed by atoms with Crippen LogP contribution in [0, 0.1) is 12.8 Å². The van der Waals surface area contributed by atoms with Gasteiger partial charge in [0.05, 0.1) is 13.0 Å². The van der Waals surface area contributed by atoms with Gasteiger partial charge < -0.3 is 10.5 Å². The number of rotatable bonds is 3. The van der Waals surface area contributed by atoms with Crippen LogP contribution >= 0.6 is 0 Å². The van der Waals surface area contributed by atoms with Gasteiger partial charge in [-0.25, -0.2) is 0 Å². The van der Waals surface area contributed by atoms with Crippen molar-refractivity contribution < 1.29 is 9.53 Å². The molecule has 0 bridgehead atoms. The second-order valence-electron chi connectivity index (χ2n) is 5.88. The van der Waals surface area contributed by atoms with Crippen LogP contribution in [0.25, 0.3) is 0 Å². The van der Waals surface area contributed by atoms with Gasteiger partial charge in [-0.05, 0) is 37.3 Å². The van der Waals surface area contributed by atoms with Crippen LogP contribution in [0.5, 0.6) is 0 Å². The Morgan fingerprint density at radius 3 is 2.50 bits per heavy atom. The topological polar surface area (TPSA) is 52.3 Å². The third-order valence-electron chi connectivity index (χ3n) is 4.40. The van der Waals surface area contributed by atoms with Gasteiger partial charge in [0, 0.05) is 5.69 Å². The zero-order valence-electron chi connectivity index (χ0n) is 12.5. The van der Waals surface area contributed by atoms with Crippen molar-refractivity contribution in [2.24, 2.45) is 5.92 Å². The summed E-state index contributed by atoms with van der Waals surface area (Å²) in [4.78, 5) is 12.3. The van der Waals surface area contributed by atoms with E-state index in [4.69, 9.17) is 10.5 Å². The molecule has 1 aliphatic carbocycles. The van der Waals surface area contributed by atoms with E-state index in [1.165, 1.54) is 32.8 Å². The van der Waals surface area contributed by atoms with Crippen molar-refractivity contribution >= 4 is 11.7 Å². The van der Waals surface area contributed by atoms with Crippen LogP contribution < -0.4 is 5.73 Å². The first-order chi connectivity index (χ1) is 9.63. The van der Waals surface area contributed by atoms with Crippen LogP contribution in [0.1, 0.15) is 55.6 Å². The average Bonchev–Trinajstić information content (AvgIpc) is 2.72. The summed E-state index contributed by atoms with van der Waals surface area (Å²) in [6.45, 7) is 2.03. The van der Waals surface area contributed by atoms with Gasteiger partial charge in [0.15, 0.2) is 0 Å². The van der Waals surface area contributed by atoms with Gasteiger partial charge in [0.25, 0.3) is 0 Å². The van der Waals surface area contributed by atoms with E-state index in [-0.39, 0.29) is 11.9 Å². The predicted molar refractivity (Wildman–Crippen MR) is 81.5 cm³/mol. The fourth-order valence-electron chi connectivity index (χ4n) is 3.31. The van der Waals surface area contributed by atoms with Crippen molar-refractivity contribution in [1.82, 2.24) is 0 Å². The van der Waals surface area contributed by atoms with Gasteiger partial charge in [-0.15, -0.1) is 0 Å². The number of ether oxygens (including phenoxy) is 1. The summed E-state index contributed by atoms with van der Waals surface area (Å²) in [5, 5.41) is 0. The lowest BCUT2D eigenvalue weighted by atomic mass is 9.80. The molecule has 1 fully saturated rings. The van der Waals surface area contributed by atoms with Gasteiger partial charge in [-0.1, -0.05) is 43.4 Å². The summed E-state index contributed by atoms with van der Waals surface area (Å²) in [7, 11) is 1.47. The molecule has 1 aliphatic rings. The van der Waals surface area contributed by atoms with Crippen molar-refractivity contribution in [2.75, 3.05) is 12.8 Å². The SMILES string of the molecule is COC(=O)C(c1cc(C)ccc1N)C1CCCCCC1. The van der Waals surface area contributed by atoms with Crippen LogP contribution in [0.15, 0.2) is 18.2 Å². The number of esters is 1. The molecule has 0 radical (unpaired) electrons. The normalized spacial score (nSPS) is 18.3. The molecule has 3 nitrogen and oxygen atoms in total. The number of methoxy groups -OCH3 is 1. The first kappa shape index (κ1) is 14.9. The minimum atomic E-state index is -0.210. The standard InChI is InChI=1S/C17H25NO2/c1-12-9-10-15(18)14(11-12)16(17(19)20-2)13-7-5-3-4-6-8-13/h9-11,13,16H,3-8,18H2,1-2H3. The Morgan fingerprint density at radius 1 is 1.25 bits per heavy atom. The van der Waals surface area contributed by atoms with Crippen molar-refractivity contribution in [3.63, 3.8) is 0 Å². The smallest absolute Gasteiger partial charge is 0.313 e. The van der Waals surface area contributed by atoms with E-state index in [9.17, 15) is 4.79 Å². The molecule has 1 unspecified atom stereocenters. The van der Waals surface area contributed by atoms with Gasteiger partial charge in [-0.2, -0.15) is 0 Å². The molecule has 0 heterocycles. The highest BCUT2D eigenvalue weighted by molar-refractivity contribution is 5.80. The molecule has 0 aromatic heterocycles. The fourth-order valence-corrected chi connectivity index (χ4v) is 3.31. The number of anilines is 1. The highest BCUT2D eigenvalue weighted by Crippen LogP contribution is 2.38. The van der Waals surface area contributed by atoms with Crippen LogP contribution in [0.4, 0.5) is 5.69 Å². The average molecular weight is 275 g/mol. The summed E-state index contributed by atoms with van der Waals surface area (Å²) in [6, 6.07) is 5.93. The van der Waals surface area contributed by atoms with Crippen LogP contribution in [0.2, 0.25) is 0 Å². The summed E-state index contributed by atoms with van der Waals surface area (Å²) in [5.41, 5.74) is 8.91. The van der Waals surface area contributed by atoms with Crippen molar-refractivity contribution in [3.05, 3.63) is 29.3 Å². The molecule has 2 rings (SSSR count). The molecule has 1 aromatic rings. The fraction of sp³-hybridized carbons (Fsp3) is 0.588. The Hall–Kier alpha value is -1.51. The Bertz CT molecular complexity index is 462. The molecule has 0 saturated heterocycles. The Labute approximate surface area is 121 Å². The van der Waals surface area contributed by atoms with E-state index in [0.29, 0.717) is 11.6 Å². The third-order valence-corrected chi connectivity index (χ3v) is 4.40. The lowest BCUT2D eigenvalue weighted by Crippen LogP contribution is -2.24. The minimum absolute atomic E-state index is 0.144. The third kappa shape index (κ3) is 3.33. The minimum Gasteiger partial charge on any atom is -0.469 e. The molecule has 0 amide bonds. The first-order valence-electron chi connectivity index (χ1n) is 7.57. The molecular weight excluding hydrogens is 250 g/mol. The molecule has 1 aromatic carbocycles. The largest absolute Gasteiger partial charge is 0.469 e. The van der Waals surface area contributed by atoms with E-state index >= 15 is 0 Å². The molecule has 110 valence electrons. The lowest BCUT2D eigenvalue weighted by molar-refractivity contribution is -0.144. The summed E-state index contributed by atoms with van der Waals surface area (Å²) in [6.07, 6.45) is 7.12. The number of nitrogens with two attached hydrogens (primary N) is 1. The Balaban J connectivity index is 2.35. The maximum Gasteiger partial charge on any atom is 0.313 e. The summed E-state index contributed by atoms with van der Waals surface area (Å²) < 4.78 is 5.06. The zero-order chi connectivity index (χ0) is 14.5. The summed E-state index contributed by atoms with van der Waals surface area (Å²) in [5.74, 6) is 0.00116. The second kappa shape index (κ2) is 6.78. The molecule has 1 atom stereocenters. The molecule has 2 N–H and O–H groups in total. The molecule has 0 spiro atoms. The maximum atomic E-state index is 12.3. The Morgan fingerprint density at radius 2 is 1.90 bits per heavy atom. The maximum absolute atomic E-state index is 12.3. The van der Waals surface area contributed by atoms with Crippen LogP contribution in [-0.4, -0.2) is 13.1 Å². The van der Waals surface area contributed by atoms with E-state index < -0.39 is 0 Å². The Kier molecular flexibility index (Phi) is 5.05. The molecule has 20 heavy (non-hydrogen) atoms. The highest BCUT2D eigenvalue weighted by atomic mass is 16.5.